The van der Waals surface area contributed by atoms with Gasteiger partial charge in [-0.05, 0) is 57.5 Å². The standard InChI is InChI=1S/C32H33FN6O6S/c1-17-9-20(28-24(10-17)37-27(43-6)14-35-28)29-38-23-11-21(33)25(12-26(23)46-29)44-15-18(2)45-31(41)36-19-7-8-22(34-13-19)30(40)39(5)16-32(3,4)42/h7-14,18,42H,15-16H2,1-6H3,(H,36,41)/t18-/m1/s1. The van der Waals surface area contributed by atoms with Crippen LogP contribution in [0.1, 0.15) is 36.8 Å². The van der Waals surface area contributed by atoms with Gasteiger partial charge in [0.15, 0.2) is 11.6 Å². The Bertz CT molecular complexity index is 1910. The molecule has 5 rings (SSSR count). The molecular formula is C32H33FN6O6S. The first-order valence-corrected chi connectivity index (χ1v) is 15.1. The van der Waals surface area contributed by atoms with Gasteiger partial charge < -0.3 is 24.2 Å². The lowest BCUT2D eigenvalue weighted by Crippen LogP contribution is -2.40. The van der Waals surface area contributed by atoms with Crippen molar-refractivity contribution in [2.24, 2.45) is 0 Å². The fourth-order valence-electron chi connectivity index (χ4n) is 4.68. The number of aromatic nitrogens is 4. The van der Waals surface area contributed by atoms with E-state index in [9.17, 15) is 19.1 Å². The Hall–Kier alpha value is -4.95. The number of ether oxygens (including phenoxy) is 3. The lowest BCUT2D eigenvalue weighted by atomic mass is 10.1. The summed E-state index contributed by atoms with van der Waals surface area (Å²) in [7, 11) is 3.09. The summed E-state index contributed by atoms with van der Waals surface area (Å²) in [6.07, 6.45) is 1.36. The van der Waals surface area contributed by atoms with E-state index in [-0.39, 0.29) is 30.5 Å². The number of anilines is 1. The number of benzene rings is 2. The highest BCUT2D eigenvalue weighted by Crippen LogP contribution is 2.37. The normalized spacial score (nSPS) is 12.2. The van der Waals surface area contributed by atoms with Gasteiger partial charge in [-0.2, -0.15) is 0 Å². The minimum absolute atomic E-state index is 0.00352. The molecule has 14 heteroatoms. The number of likely N-dealkylation sites (N-methyl/N-ethyl adjacent to an activating group) is 1. The van der Waals surface area contributed by atoms with E-state index in [0.29, 0.717) is 37.8 Å². The second-order valence-corrected chi connectivity index (χ2v) is 12.5. The van der Waals surface area contributed by atoms with Crippen LogP contribution >= 0.6 is 11.3 Å². The van der Waals surface area contributed by atoms with Gasteiger partial charge in [0.05, 0.1) is 52.0 Å². The number of amides is 2. The maximum absolute atomic E-state index is 15.0. The van der Waals surface area contributed by atoms with Crippen molar-refractivity contribution in [3.8, 4) is 22.2 Å². The topological polar surface area (TPSA) is 149 Å². The Balaban J connectivity index is 1.20. The Morgan fingerprint density at radius 1 is 1.11 bits per heavy atom. The number of carbonyl (C=O) groups excluding carboxylic acids is 2. The van der Waals surface area contributed by atoms with Crippen molar-refractivity contribution in [1.82, 2.24) is 24.8 Å². The molecule has 0 saturated heterocycles. The molecule has 2 N–H and O–H groups in total. The average Bonchev–Trinajstić information content (AvgIpc) is 3.40. The predicted molar refractivity (Wildman–Crippen MR) is 172 cm³/mol. The summed E-state index contributed by atoms with van der Waals surface area (Å²) in [6, 6.07) is 9.71. The van der Waals surface area contributed by atoms with Crippen LogP contribution < -0.4 is 14.8 Å². The average molecular weight is 649 g/mol. The third kappa shape index (κ3) is 7.64. The number of aliphatic hydroxyl groups is 1. The van der Waals surface area contributed by atoms with Gasteiger partial charge in [0.1, 0.15) is 23.4 Å². The molecular weight excluding hydrogens is 615 g/mol. The quantitative estimate of drug-likeness (QED) is 0.196. The molecule has 0 spiro atoms. The first-order valence-electron chi connectivity index (χ1n) is 14.3. The van der Waals surface area contributed by atoms with Gasteiger partial charge >= 0.3 is 6.09 Å². The fourth-order valence-corrected chi connectivity index (χ4v) is 5.67. The van der Waals surface area contributed by atoms with Crippen LogP contribution in [0.2, 0.25) is 0 Å². The van der Waals surface area contributed by atoms with Crippen LogP contribution in [0, 0.1) is 12.7 Å². The number of fused-ring (bicyclic) bond motifs is 2. The van der Waals surface area contributed by atoms with E-state index in [0.717, 1.165) is 11.1 Å². The SMILES string of the molecule is COc1cnc2c(-c3nc4cc(F)c(OC[C@@H](C)OC(=O)Nc5ccc(C(=O)N(C)CC(C)(C)O)nc5)cc4s3)cc(C)cc2n1. The van der Waals surface area contributed by atoms with E-state index in [2.05, 4.69) is 25.3 Å². The fraction of sp³-hybridized carbons (Fsp3) is 0.312. The largest absolute Gasteiger partial charge is 0.487 e. The van der Waals surface area contributed by atoms with Gasteiger partial charge in [-0.1, -0.05) is 0 Å². The number of carbonyl (C=O) groups is 2. The van der Waals surface area contributed by atoms with E-state index < -0.39 is 23.6 Å². The summed E-state index contributed by atoms with van der Waals surface area (Å²) < 4.78 is 31.9. The third-order valence-electron chi connectivity index (χ3n) is 6.63. The lowest BCUT2D eigenvalue weighted by Gasteiger charge is -2.25. The number of rotatable bonds is 10. The van der Waals surface area contributed by atoms with Crippen LogP contribution in [-0.4, -0.2) is 81.0 Å². The molecule has 5 aromatic rings. The molecule has 2 aromatic carbocycles. The zero-order valence-corrected chi connectivity index (χ0v) is 26.9. The van der Waals surface area contributed by atoms with Crippen molar-refractivity contribution in [3.05, 3.63) is 65.9 Å². The predicted octanol–water partition coefficient (Wildman–Crippen LogP) is 5.62. The minimum atomic E-state index is -1.05. The summed E-state index contributed by atoms with van der Waals surface area (Å²) in [5.41, 5.74) is 2.93. The monoisotopic (exact) mass is 648 g/mol. The van der Waals surface area contributed by atoms with Gasteiger partial charge in [-0.25, -0.2) is 29.1 Å². The number of hydrogen-bond donors (Lipinski definition) is 2. The maximum atomic E-state index is 15.0. The number of pyridine rings is 1. The number of methoxy groups -OCH3 is 1. The second kappa shape index (κ2) is 13.2. The summed E-state index contributed by atoms with van der Waals surface area (Å²) in [4.78, 5) is 44.0. The van der Waals surface area contributed by atoms with Crippen molar-refractivity contribution in [2.75, 3.05) is 32.6 Å². The molecule has 0 aliphatic carbocycles. The molecule has 2 amide bonds. The van der Waals surface area contributed by atoms with Crippen molar-refractivity contribution in [3.63, 3.8) is 0 Å². The molecule has 0 fully saturated rings. The van der Waals surface area contributed by atoms with Gasteiger partial charge in [-0.15, -0.1) is 11.3 Å². The number of hydrogen-bond acceptors (Lipinski definition) is 11. The van der Waals surface area contributed by atoms with Crippen molar-refractivity contribution < 1.29 is 33.3 Å². The number of aryl methyl sites for hydroxylation is 1. The van der Waals surface area contributed by atoms with Crippen LogP contribution in [0.25, 0.3) is 31.8 Å². The summed E-state index contributed by atoms with van der Waals surface area (Å²) >= 11 is 1.37. The van der Waals surface area contributed by atoms with Crippen LogP contribution in [0.4, 0.5) is 14.9 Å². The highest BCUT2D eigenvalue weighted by Gasteiger charge is 2.22. The lowest BCUT2D eigenvalue weighted by molar-refractivity contribution is 0.0365. The Morgan fingerprint density at radius 3 is 2.59 bits per heavy atom. The summed E-state index contributed by atoms with van der Waals surface area (Å²) in [5.74, 6) is -0.578. The van der Waals surface area contributed by atoms with Gasteiger partial charge in [0, 0.05) is 31.3 Å². The molecule has 3 aromatic heterocycles. The van der Waals surface area contributed by atoms with Gasteiger partial charge in [-0.3, -0.25) is 10.1 Å². The molecule has 0 bridgehead atoms. The van der Waals surface area contributed by atoms with E-state index in [1.807, 2.05) is 19.1 Å². The van der Waals surface area contributed by atoms with E-state index in [4.69, 9.17) is 14.2 Å². The number of nitrogens with zero attached hydrogens (tertiary/aromatic N) is 5. The van der Waals surface area contributed by atoms with E-state index in [1.54, 1.807) is 40.1 Å². The van der Waals surface area contributed by atoms with Crippen molar-refractivity contribution in [1.29, 1.82) is 0 Å². The summed E-state index contributed by atoms with van der Waals surface area (Å²) in [5, 5.41) is 13.1. The maximum Gasteiger partial charge on any atom is 0.412 e. The molecule has 3 heterocycles. The van der Waals surface area contributed by atoms with Gasteiger partial charge in [0.25, 0.3) is 5.91 Å². The molecule has 0 unspecified atom stereocenters. The molecule has 0 radical (unpaired) electrons. The minimum Gasteiger partial charge on any atom is -0.487 e. The Morgan fingerprint density at radius 2 is 1.89 bits per heavy atom. The Kier molecular flexibility index (Phi) is 9.30. The first kappa shape index (κ1) is 32.4. The third-order valence-corrected chi connectivity index (χ3v) is 7.68. The zero-order chi connectivity index (χ0) is 33.2. The highest BCUT2D eigenvalue weighted by atomic mass is 32.1. The van der Waals surface area contributed by atoms with Crippen LogP contribution in [-0.2, 0) is 4.74 Å². The molecule has 46 heavy (non-hydrogen) atoms. The molecule has 240 valence electrons. The molecule has 0 aliphatic heterocycles. The van der Waals surface area contributed by atoms with Gasteiger partial charge in [0.2, 0.25) is 5.88 Å². The first-order chi connectivity index (χ1) is 21.8. The Labute approximate surface area is 268 Å². The molecule has 0 saturated carbocycles. The van der Waals surface area contributed by atoms with E-state index >= 15 is 0 Å². The van der Waals surface area contributed by atoms with Crippen LogP contribution in [0.5, 0.6) is 11.6 Å². The smallest absolute Gasteiger partial charge is 0.412 e. The zero-order valence-electron chi connectivity index (χ0n) is 26.1. The number of halogens is 1. The van der Waals surface area contributed by atoms with E-state index in [1.165, 1.54) is 47.7 Å². The van der Waals surface area contributed by atoms with Crippen molar-refractivity contribution in [2.45, 2.75) is 39.4 Å². The van der Waals surface area contributed by atoms with Crippen molar-refractivity contribution >= 4 is 50.3 Å². The summed E-state index contributed by atoms with van der Waals surface area (Å²) in [6.45, 7) is 6.77. The highest BCUT2D eigenvalue weighted by molar-refractivity contribution is 7.21. The molecule has 0 aliphatic rings. The molecule has 12 nitrogen and oxygen atoms in total. The second-order valence-electron chi connectivity index (χ2n) is 11.4. The van der Waals surface area contributed by atoms with Crippen LogP contribution in [0.15, 0.2) is 48.8 Å². The van der Waals surface area contributed by atoms with Crippen LogP contribution in [0.3, 0.4) is 0 Å². The molecule has 1 atom stereocenters. The number of thiazole rings is 1. The number of nitrogens with one attached hydrogen (secondary N) is 1.